The number of carbonyl (C=O) groups excluding carboxylic acids is 1. The van der Waals surface area contributed by atoms with Gasteiger partial charge in [0.05, 0.1) is 17.6 Å². The molecule has 2 aromatic carbocycles. The summed E-state index contributed by atoms with van der Waals surface area (Å²) >= 11 is 9.82. The first-order chi connectivity index (χ1) is 15.1. The van der Waals surface area contributed by atoms with E-state index < -0.39 is 0 Å². The van der Waals surface area contributed by atoms with E-state index in [2.05, 4.69) is 25.4 Å². The van der Waals surface area contributed by atoms with E-state index in [0.717, 1.165) is 57.6 Å². The number of aromatic nitrogens is 2. The summed E-state index contributed by atoms with van der Waals surface area (Å²) in [6, 6.07) is 14.4. The van der Waals surface area contributed by atoms with Crippen LogP contribution in [0, 0.1) is 0 Å². The molecule has 6 heteroatoms. The Morgan fingerprint density at radius 3 is 2.42 bits per heavy atom. The van der Waals surface area contributed by atoms with Gasteiger partial charge in [-0.15, -0.1) is 0 Å². The normalized spacial score (nSPS) is 17.6. The lowest BCUT2D eigenvalue weighted by Gasteiger charge is -2.30. The van der Waals surface area contributed by atoms with Crippen LogP contribution in [0.2, 0.25) is 5.02 Å². The standard InChI is InChI=1S/C25H27BrClN3O/c26-18-11-9-17(10-12-18)25(31)29(20-5-1-2-6-20)16-24-28-22-14-13-19(27)15-23(22)30(24)21-7-3-4-8-21/h9-15,20-21H,1-8,16H2. The van der Waals surface area contributed by atoms with Crippen LogP contribution in [0.25, 0.3) is 11.0 Å². The van der Waals surface area contributed by atoms with Crippen LogP contribution in [0.1, 0.15) is 73.6 Å². The molecule has 0 N–H and O–H groups in total. The summed E-state index contributed by atoms with van der Waals surface area (Å²) in [5, 5.41) is 0.733. The molecule has 1 aromatic heterocycles. The van der Waals surface area contributed by atoms with E-state index in [1.165, 1.54) is 25.7 Å². The minimum atomic E-state index is 0.0995. The molecule has 2 saturated carbocycles. The molecule has 2 aliphatic rings. The number of benzene rings is 2. The van der Waals surface area contributed by atoms with Crippen molar-refractivity contribution in [3.8, 4) is 0 Å². The van der Waals surface area contributed by atoms with Gasteiger partial charge in [0.2, 0.25) is 0 Å². The zero-order valence-corrected chi connectivity index (χ0v) is 19.9. The van der Waals surface area contributed by atoms with Crippen molar-refractivity contribution < 1.29 is 4.79 Å². The van der Waals surface area contributed by atoms with Crippen molar-refractivity contribution in [3.05, 3.63) is 63.3 Å². The number of amides is 1. The Bertz CT molecular complexity index is 1080. The zero-order valence-electron chi connectivity index (χ0n) is 17.6. The van der Waals surface area contributed by atoms with Crippen LogP contribution in [0.5, 0.6) is 0 Å². The predicted molar refractivity (Wildman–Crippen MR) is 129 cm³/mol. The van der Waals surface area contributed by atoms with Gasteiger partial charge in [-0.2, -0.15) is 0 Å². The lowest BCUT2D eigenvalue weighted by atomic mass is 10.1. The average Bonchev–Trinajstić information content (AvgIpc) is 3.52. The third-order valence-corrected chi connectivity index (χ3v) is 7.61. The molecular weight excluding hydrogens is 474 g/mol. The quantitative estimate of drug-likeness (QED) is 0.373. The molecule has 0 bridgehead atoms. The fourth-order valence-corrected chi connectivity index (χ4v) is 5.72. The predicted octanol–water partition coefficient (Wildman–Crippen LogP) is 7.15. The minimum absolute atomic E-state index is 0.0995. The summed E-state index contributed by atoms with van der Waals surface area (Å²) in [4.78, 5) is 20.7. The molecule has 0 spiro atoms. The number of fused-ring (bicyclic) bond motifs is 1. The van der Waals surface area contributed by atoms with E-state index in [4.69, 9.17) is 16.6 Å². The van der Waals surface area contributed by atoms with Crippen LogP contribution < -0.4 is 0 Å². The van der Waals surface area contributed by atoms with Crippen LogP contribution in [0.15, 0.2) is 46.9 Å². The van der Waals surface area contributed by atoms with Gasteiger partial charge in [0.25, 0.3) is 5.91 Å². The molecule has 1 amide bonds. The van der Waals surface area contributed by atoms with Crippen molar-refractivity contribution in [2.24, 2.45) is 0 Å². The molecule has 0 aliphatic heterocycles. The Morgan fingerprint density at radius 2 is 1.71 bits per heavy atom. The van der Waals surface area contributed by atoms with Crippen LogP contribution in [0.4, 0.5) is 0 Å². The molecule has 4 nitrogen and oxygen atoms in total. The summed E-state index contributed by atoms with van der Waals surface area (Å²) in [7, 11) is 0. The molecule has 3 aromatic rings. The zero-order chi connectivity index (χ0) is 21.4. The molecule has 0 saturated heterocycles. The van der Waals surface area contributed by atoms with Gasteiger partial charge < -0.3 is 9.47 Å². The first-order valence-electron chi connectivity index (χ1n) is 11.3. The number of imidazole rings is 1. The highest BCUT2D eigenvalue weighted by Gasteiger charge is 2.31. The number of nitrogens with zero attached hydrogens (tertiary/aromatic N) is 3. The number of carbonyl (C=O) groups is 1. The Labute approximate surface area is 196 Å². The van der Waals surface area contributed by atoms with Gasteiger partial charge >= 0.3 is 0 Å². The second-order valence-electron chi connectivity index (χ2n) is 8.85. The fourth-order valence-electron chi connectivity index (χ4n) is 5.29. The molecule has 2 aliphatic carbocycles. The summed E-state index contributed by atoms with van der Waals surface area (Å²) in [6.45, 7) is 0.544. The average molecular weight is 501 g/mol. The van der Waals surface area contributed by atoms with Crippen molar-refractivity contribution in [2.45, 2.75) is 70.0 Å². The Balaban J connectivity index is 1.55. The van der Waals surface area contributed by atoms with Crippen LogP contribution in [-0.4, -0.2) is 26.4 Å². The highest BCUT2D eigenvalue weighted by atomic mass is 79.9. The molecule has 0 atom stereocenters. The topological polar surface area (TPSA) is 38.1 Å². The van der Waals surface area contributed by atoms with Gasteiger partial charge in [0.15, 0.2) is 0 Å². The fraction of sp³-hybridized carbons (Fsp3) is 0.440. The second kappa shape index (κ2) is 8.95. The maximum absolute atomic E-state index is 13.6. The molecule has 162 valence electrons. The summed E-state index contributed by atoms with van der Waals surface area (Å²) in [6.07, 6.45) is 9.31. The Hall–Kier alpha value is -1.85. The first-order valence-corrected chi connectivity index (χ1v) is 12.5. The minimum Gasteiger partial charge on any atom is -0.328 e. The van der Waals surface area contributed by atoms with E-state index in [-0.39, 0.29) is 11.9 Å². The molecule has 0 radical (unpaired) electrons. The van der Waals surface area contributed by atoms with Crippen molar-refractivity contribution in [1.82, 2.24) is 14.5 Å². The highest BCUT2D eigenvalue weighted by molar-refractivity contribution is 9.10. The number of halogens is 2. The van der Waals surface area contributed by atoms with Crippen LogP contribution in [0.3, 0.4) is 0 Å². The molecular formula is C25H27BrClN3O. The van der Waals surface area contributed by atoms with Crippen LogP contribution in [-0.2, 0) is 6.54 Å². The monoisotopic (exact) mass is 499 g/mol. The van der Waals surface area contributed by atoms with E-state index in [1.54, 1.807) is 0 Å². The van der Waals surface area contributed by atoms with E-state index in [1.807, 2.05) is 42.5 Å². The highest BCUT2D eigenvalue weighted by Crippen LogP contribution is 2.36. The maximum Gasteiger partial charge on any atom is 0.254 e. The van der Waals surface area contributed by atoms with E-state index >= 15 is 0 Å². The summed E-state index contributed by atoms with van der Waals surface area (Å²) < 4.78 is 3.36. The van der Waals surface area contributed by atoms with Crippen molar-refractivity contribution in [3.63, 3.8) is 0 Å². The molecule has 1 heterocycles. The number of hydrogen-bond donors (Lipinski definition) is 0. The number of rotatable bonds is 5. The molecule has 5 rings (SSSR count). The Morgan fingerprint density at radius 1 is 1.03 bits per heavy atom. The van der Waals surface area contributed by atoms with Crippen molar-refractivity contribution >= 4 is 44.5 Å². The lowest BCUT2D eigenvalue weighted by Crippen LogP contribution is -2.39. The third-order valence-electron chi connectivity index (χ3n) is 6.84. The second-order valence-corrected chi connectivity index (χ2v) is 10.2. The maximum atomic E-state index is 13.6. The molecule has 2 fully saturated rings. The van der Waals surface area contributed by atoms with Gasteiger partial charge in [-0.25, -0.2) is 4.98 Å². The lowest BCUT2D eigenvalue weighted by molar-refractivity contribution is 0.0655. The summed E-state index contributed by atoms with van der Waals surface area (Å²) in [5.41, 5.74) is 2.80. The Kier molecular flexibility index (Phi) is 6.07. The smallest absolute Gasteiger partial charge is 0.254 e. The van der Waals surface area contributed by atoms with Gasteiger partial charge in [0, 0.05) is 27.1 Å². The first kappa shape index (κ1) is 21.0. The van der Waals surface area contributed by atoms with E-state index in [9.17, 15) is 4.79 Å². The largest absolute Gasteiger partial charge is 0.328 e. The molecule has 0 unspecified atom stereocenters. The van der Waals surface area contributed by atoms with Gasteiger partial charge in [-0.05, 0) is 68.1 Å². The SMILES string of the molecule is O=C(c1ccc(Br)cc1)N(Cc1nc2ccc(Cl)cc2n1C1CCCC1)C1CCCC1. The third kappa shape index (κ3) is 4.27. The summed E-state index contributed by atoms with van der Waals surface area (Å²) in [5.74, 6) is 1.09. The van der Waals surface area contributed by atoms with Gasteiger partial charge in [0.1, 0.15) is 5.82 Å². The van der Waals surface area contributed by atoms with Crippen molar-refractivity contribution in [2.75, 3.05) is 0 Å². The number of hydrogen-bond acceptors (Lipinski definition) is 2. The van der Waals surface area contributed by atoms with Crippen molar-refractivity contribution in [1.29, 1.82) is 0 Å². The van der Waals surface area contributed by atoms with Gasteiger partial charge in [-0.1, -0.05) is 53.2 Å². The van der Waals surface area contributed by atoms with Crippen LogP contribution >= 0.6 is 27.5 Å². The van der Waals surface area contributed by atoms with E-state index in [0.29, 0.717) is 12.6 Å². The van der Waals surface area contributed by atoms with Gasteiger partial charge in [-0.3, -0.25) is 4.79 Å². The molecule has 31 heavy (non-hydrogen) atoms.